The van der Waals surface area contributed by atoms with Gasteiger partial charge in [-0.25, -0.2) is 9.78 Å². The number of carbonyl (C=O) groups is 3. The summed E-state index contributed by atoms with van der Waals surface area (Å²) < 4.78 is 0. The van der Waals surface area contributed by atoms with E-state index in [-0.39, 0.29) is 47.6 Å². The van der Waals surface area contributed by atoms with Crippen LogP contribution in [0, 0.1) is 0 Å². The Balaban J connectivity index is 0.00000240. The van der Waals surface area contributed by atoms with E-state index in [2.05, 4.69) is 20.5 Å². The average molecular weight is 462 g/mol. The molecule has 1 saturated heterocycles. The van der Waals surface area contributed by atoms with Crippen LogP contribution in [0.15, 0.2) is 40.3 Å². The van der Waals surface area contributed by atoms with Crippen molar-refractivity contribution in [2.45, 2.75) is 23.0 Å². The topological polar surface area (TPSA) is 128 Å². The summed E-state index contributed by atoms with van der Waals surface area (Å²) in [6, 6.07) is 3.02. The van der Waals surface area contributed by atoms with Gasteiger partial charge in [0.2, 0.25) is 5.91 Å². The molecule has 2 aliphatic rings. The monoisotopic (exact) mass is 461 g/mol. The summed E-state index contributed by atoms with van der Waals surface area (Å²) in [6.07, 6.45) is 1.59. The van der Waals surface area contributed by atoms with Gasteiger partial charge in [-0.2, -0.15) is 5.10 Å². The number of thiophene rings is 1. The van der Waals surface area contributed by atoms with Crippen LogP contribution >= 0.6 is 34.9 Å². The van der Waals surface area contributed by atoms with Crippen LogP contribution in [0.25, 0.3) is 0 Å². The number of fused-ring (bicyclic) bond motifs is 1. The maximum absolute atomic E-state index is 12.6. The molecule has 3 N–H and O–H groups in total. The minimum absolute atomic E-state index is 0. The van der Waals surface area contributed by atoms with Crippen LogP contribution in [-0.4, -0.2) is 95.5 Å². The van der Waals surface area contributed by atoms with Crippen LogP contribution < -0.4 is 5.32 Å². The Kier molecular flexibility index (Phi) is 7.46. The zero-order chi connectivity index (χ0) is 19.7. The first-order valence-corrected chi connectivity index (χ1v) is 11.2. The third kappa shape index (κ3) is 4.72. The molecule has 0 unspecified atom stereocenters. The van der Waals surface area contributed by atoms with Crippen molar-refractivity contribution in [2.75, 3.05) is 11.5 Å². The first-order valence-electron chi connectivity index (χ1n) is 8.24. The van der Waals surface area contributed by atoms with Crippen molar-refractivity contribution < 1.29 is 19.5 Å². The fourth-order valence-corrected chi connectivity index (χ4v) is 5.98. The molecule has 0 radical (unpaired) electrons. The second-order valence-electron chi connectivity index (χ2n) is 6.05. The van der Waals surface area contributed by atoms with Crippen LogP contribution in [0.5, 0.6) is 0 Å². The van der Waals surface area contributed by atoms with E-state index in [4.69, 9.17) is 0 Å². The van der Waals surface area contributed by atoms with Gasteiger partial charge in [0.05, 0.1) is 6.42 Å². The first-order chi connectivity index (χ1) is 13.5. The van der Waals surface area contributed by atoms with Crippen molar-refractivity contribution in [3.63, 3.8) is 0 Å². The van der Waals surface area contributed by atoms with E-state index in [0.717, 1.165) is 4.88 Å². The van der Waals surface area contributed by atoms with Crippen LogP contribution in [0.3, 0.4) is 0 Å². The number of nitrogens with one attached hydrogen (secondary N) is 2. The predicted molar refractivity (Wildman–Crippen MR) is 112 cm³/mol. The molecule has 148 valence electrons. The molecule has 2 atom stereocenters. The SMILES string of the molecule is O=C(Cc1cccs1)N[C@@H]1C(=O)N2C(C(=O)O)=C(CSc3ncn[nH]3)CS[C@H]12.[NaH]. The number of carbonyl (C=O) groups excluding carboxylic acids is 2. The zero-order valence-corrected chi connectivity index (χ0v) is 16.8. The molecule has 0 aromatic carbocycles. The van der Waals surface area contributed by atoms with Crippen molar-refractivity contribution in [1.82, 2.24) is 25.4 Å². The Morgan fingerprint density at radius 2 is 2.28 bits per heavy atom. The number of aromatic nitrogens is 3. The number of nitrogens with zero attached hydrogens (tertiary/aromatic N) is 3. The van der Waals surface area contributed by atoms with Crippen molar-refractivity contribution in [2.24, 2.45) is 0 Å². The number of amides is 2. The second-order valence-corrected chi connectivity index (χ2v) is 9.15. The van der Waals surface area contributed by atoms with E-state index in [1.807, 2.05) is 17.5 Å². The van der Waals surface area contributed by atoms with Crippen LogP contribution in [0.2, 0.25) is 0 Å². The quantitative estimate of drug-likeness (QED) is 0.305. The van der Waals surface area contributed by atoms with Gasteiger partial charge in [0.15, 0.2) is 5.16 Å². The Morgan fingerprint density at radius 1 is 1.45 bits per heavy atom. The second kappa shape index (κ2) is 9.67. The number of thioether (sulfide) groups is 2. The molecule has 1 fully saturated rings. The fraction of sp³-hybridized carbons (Fsp3) is 0.312. The Labute approximate surface area is 200 Å². The van der Waals surface area contributed by atoms with Crippen molar-refractivity contribution >= 4 is 82.2 Å². The molecule has 4 heterocycles. The number of β-lactam (4-membered cyclic amide) rings is 1. The van der Waals surface area contributed by atoms with E-state index >= 15 is 0 Å². The average Bonchev–Trinajstić information content (AvgIpc) is 3.37. The zero-order valence-electron chi connectivity index (χ0n) is 14.3. The Morgan fingerprint density at radius 3 is 2.93 bits per heavy atom. The van der Waals surface area contributed by atoms with E-state index < -0.39 is 23.3 Å². The summed E-state index contributed by atoms with van der Waals surface area (Å²) >= 11 is 4.26. The number of hydrogen-bond donors (Lipinski definition) is 3. The predicted octanol–water partition coefficient (Wildman–Crippen LogP) is 0.291. The third-order valence-electron chi connectivity index (χ3n) is 4.26. The first kappa shape index (κ1) is 22.4. The number of hydrogen-bond acceptors (Lipinski definition) is 8. The van der Waals surface area contributed by atoms with Gasteiger partial charge in [-0.05, 0) is 17.0 Å². The molecular weight excluding hydrogens is 445 g/mol. The number of H-pyrrole nitrogens is 1. The van der Waals surface area contributed by atoms with Crippen LogP contribution in [0.1, 0.15) is 4.88 Å². The van der Waals surface area contributed by atoms with E-state index in [1.54, 1.807) is 0 Å². The van der Waals surface area contributed by atoms with Gasteiger partial charge in [-0.3, -0.25) is 19.6 Å². The van der Waals surface area contributed by atoms with Crippen LogP contribution in [-0.2, 0) is 20.8 Å². The number of carboxylic acids is 1. The molecule has 13 heteroatoms. The van der Waals surface area contributed by atoms with E-state index in [0.29, 0.717) is 22.2 Å². The molecule has 0 aliphatic carbocycles. The number of carboxylic acid groups (broad SMARTS) is 1. The summed E-state index contributed by atoms with van der Waals surface area (Å²) in [5.41, 5.74) is 0.649. The van der Waals surface area contributed by atoms with Crippen molar-refractivity contribution in [1.29, 1.82) is 0 Å². The molecule has 0 spiro atoms. The molecule has 2 aromatic heterocycles. The van der Waals surface area contributed by atoms with Gasteiger partial charge in [-0.15, -0.1) is 23.1 Å². The van der Waals surface area contributed by atoms with Crippen molar-refractivity contribution in [3.8, 4) is 0 Å². The number of aromatic amines is 1. The molecule has 2 aromatic rings. The summed E-state index contributed by atoms with van der Waals surface area (Å²) in [4.78, 5) is 42.8. The summed E-state index contributed by atoms with van der Waals surface area (Å²) in [7, 11) is 0. The van der Waals surface area contributed by atoms with Gasteiger partial charge in [0, 0.05) is 16.4 Å². The summed E-state index contributed by atoms with van der Waals surface area (Å²) in [5, 5.41) is 20.9. The van der Waals surface area contributed by atoms with Gasteiger partial charge in [0.25, 0.3) is 5.91 Å². The normalized spacial score (nSPS) is 20.6. The van der Waals surface area contributed by atoms with Crippen LogP contribution in [0.4, 0.5) is 0 Å². The molecule has 29 heavy (non-hydrogen) atoms. The molecule has 0 saturated carbocycles. The maximum atomic E-state index is 12.6. The third-order valence-corrected chi connectivity index (χ3v) is 7.44. The molecule has 4 rings (SSSR count). The number of rotatable bonds is 7. The molecule has 0 bridgehead atoms. The van der Waals surface area contributed by atoms with Gasteiger partial charge < -0.3 is 10.4 Å². The molecular formula is C16H16N5NaO4S3. The number of aliphatic carboxylic acids is 1. The van der Waals surface area contributed by atoms with Gasteiger partial charge >= 0.3 is 35.5 Å². The summed E-state index contributed by atoms with van der Waals surface area (Å²) in [5.74, 6) is -0.926. The van der Waals surface area contributed by atoms with Gasteiger partial charge in [-0.1, -0.05) is 17.8 Å². The van der Waals surface area contributed by atoms with Gasteiger partial charge in [0.1, 0.15) is 23.4 Å². The minimum atomic E-state index is -1.14. The standard InChI is InChI=1S/C16H15N5O4S3.Na.H/c22-10(4-9-2-1-3-26-9)19-11-13(23)21-12(15(24)25)8(5-27-14(11)21)6-28-16-17-7-18-20-16;;/h1-3,7,11,14H,4-6H2,(H,19,22)(H,24,25)(H,17,18,20);;/t11-,14-;;/m1../s1. The van der Waals surface area contributed by atoms with E-state index in [9.17, 15) is 19.5 Å². The Hall–Kier alpha value is -1.31. The fourth-order valence-electron chi connectivity index (χ4n) is 3.01. The Bertz CT molecular complexity index is 935. The molecule has 9 nitrogen and oxygen atoms in total. The summed E-state index contributed by atoms with van der Waals surface area (Å²) in [6.45, 7) is 0. The molecule has 2 aliphatic heterocycles. The van der Waals surface area contributed by atoms with E-state index in [1.165, 1.54) is 46.1 Å². The van der Waals surface area contributed by atoms with Crippen molar-refractivity contribution in [3.05, 3.63) is 40.0 Å². The molecule has 2 amide bonds.